The van der Waals surface area contributed by atoms with Crippen LogP contribution in [0.4, 0.5) is 11.4 Å². The van der Waals surface area contributed by atoms with E-state index in [1.807, 2.05) is 13.8 Å². The highest BCUT2D eigenvalue weighted by atomic mass is 16.6. The predicted molar refractivity (Wildman–Crippen MR) is 195 cm³/mol. The van der Waals surface area contributed by atoms with E-state index < -0.39 is 45.6 Å². The summed E-state index contributed by atoms with van der Waals surface area (Å²) < 4.78 is 20.3. The van der Waals surface area contributed by atoms with Crippen molar-refractivity contribution in [2.45, 2.75) is 60.3 Å². The molecule has 54 heavy (non-hydrogen) atoms. The van der Waals surface area contributed by atoms with Gasteiger partial charge in [0.2, 0.25) is 0 Å². The van der Waals surface area contributed by atoms with Crippen molar-refractivity contribution in [2.24, 2.45) is 5.92 Å². The Morgan fingerprint density at radius 3 is 1.65 bits per heavy atom. The van der Waals surface area contributed by atoms with Crippen molar-refractivity contribution in [2.75, 3.05) is 27.4 Å². The van der Waals surface area contributed by atoms with E-state index in [0.717, 1.165) is 0 Å². The van der Waals surface area contributed by atoms with E-state index >= 15 is 0 Å². The number of nitro benzene ring substituents is 2. The van der Waals surface area contributed by atoms with Crippen LogP contribution in [0.25, 0.3) is 0 Å². The molecule has 0 saturated carbocycles. The molecule has 0 saturated heterocycles. The van der Waals surface area contributed by atoms with Crippen molar-refractivity contribution in [1.82, 2.24) is 10.6 Å². The summed E-state index contributed by atoms with van der Waals surface area (Å²) in [6, 6.07) is 11.9. The van der Waals surface area contributed by atoms with Crippen molar-refractivity contribution in [3.8, 4) is 0 Å². The van der Waals surface area contributed by atoms with Gasteiger partial charge in [0, 0.05) is 46.6 Å². The minimum Gasteiger partial charge on any atom is -0.466 e. The minimum atomic E-state index is -0.977. The van der Waals surface area contributed by atoms with Crippen LogP contribution in [-0.2, 0) is 38.1 Å². The maximum Gasteiger partial charge on any atom is 0.336 e. The average molecular weight is 749 g/mol. The molecule has 0 bridgehead atoms. The van der Waals surface area contributed by atoms with Crippen molar-refractivity contribution in [1.29, 1.82) is 0 Å². The third-order valence-electron chi connectivity index (χ3n) is 8.45. The number of benzene rings is 2. The number of hydrogen-bond donors (Lipinski definition) is 2. The van der Waals surface area contributed by atoms with Gasteiger partial charge >= 0.3 is 23.9 Å². The topological polar surface area (TPSA) is 216 Å². The average Bonchev–Trinajstić information content (AvgIpc) is 3.12. The summed E-state index contributed by atoms with van der Waals surface area (Å²) in [5.41, 5.74) is 3.03. The van der Waals surface area contributed by atoms with Gasteiger partial charge in [-0.25, -0.2) is 19.2 Å². The highest BCUT2D eigenvalue weighted by Gasteiger charge is 2.41. The molecule has 16 nitrogen and oxygen atoms in total. The van der Waals surface area contributed by atoms with Gasteiger partial charge < -0.3 is 29.6 Å². The summed E-state index contributed by atoms with van der Waals surface area (Å²) in [5.74, 6) is -4.21. The number of rotatable bonds is 11. The number of hydrogen-bond acceptors (Lipinski definition) is 14. The van der Waals surface area contributed by atoms with Crippen LogP contribution < -0.4 is 10.6 Å². The molecule has 4 rings (SSSR count). The molecule has 16 heteroatoms. The zero-order valence-electron chi connectivity index (χ0n) is 31.6. The van der Waals surface area contributed by atoms with Crippen LogP contribution in [0.3, 0.4) is 0 Å². The van der Waals surface area contributed by atoms with Crippen LogP contribution >= 0.6 is 0 Å². The molecule has 2 aliphatic heterocycles. The Morgan fingerprint density at radius 1 is 0.685 bits per heavy atom. The van der Waals surface area contributed by atoms with E-state index in [1.165, 1.54) is 50.6 Å². The summed E-state index contributed by atoms with van der Waals surface area (Å²) in [5, 5.41) is 28.7. The van der Waals surface area contributed by atoms with Crippen LogP contribution in [0.15, 0.2) is 93.6 Å². The Bertz CT molecular complexity index is 1970. The quantitative estimate of drug-likeness (QED) is 0.121. The number of methoxy groups -OCH3 is 2. The Kier molecular flexibility index (Phi) is 14.4. The lowest BCUT2D eigenvalue weighted by molar-refractivity contribution is -0.385. The van der Waals surface area contributed by atoms with Crippen molar-refractivity contribution in [3.05, 3.63) is 125 Å². The number of allylic oxidation sites excluding steroid dienone is 4. The van der Waals surface area contributed by atoms with E-state index in [1.54, 1.807) is 46.8 Å². The standard InChI is InChI=1S/C20H24N2O6.C18H20N2O6/c1-11(2)10-28-20(24)17-13(4)21-12(3)16(19(23)27-5)18(17)14-8-6-7-9-15(14)22(25)26;1-5-26-18(22)15-11(3)19-10(2)14(17(21)25-4)16(15)12-7-6-8-13(9-12)20(23)24/h6-9,11,18,21H,10H2,1-5H3;6-9,16,19H,5H2,1-4H3. The Morgan fingerprint density at radius 2 is 1.17 bits per heavy atom. The van der Waals surface area contributed by atoms with Gasteiger partial charge in [-0.2, -0.15) is 0 Å². The zero-order valence-corrected chi connectivity index (χ0v) is 31.6. The number of nitro groups is 2. The van der Waals surface area contributed by atoms with Gasteiger partial charge in [-0.15, -0.1) is 0 Å². The summed E-state index contributed by atoms with van der Waals surface area (Å²) in [4.78, 5) is 72.0. The molecule has 2 atom stereocenters. The van der Waals surface area contributed by atoms with E-state index in [4.69, 9.17) is 18.9 Å². The number of carbonyl (C=O) groups is 4. The first-order valence-corrected chi connectivity index (χ1v) is 16.9. The number of para-hydroxylation sites is 1. The molecular formula is C38H44N4O12. The van der Waals surface area contributed by atoms with E-state index in [-0.39, 0.29) is 58.4 Å². The number of esters is 4. The molecule has 0 aliphatic carbocycles. The first-order chi connectivity index (χ1) is 25.5. The molecule has 0 aromatic heterocycles. The summed E-state index contributed by atoms with van der Waals surface area (Å²) in [7, 11) is 2.46. The smallest absolute Gasteiger partial charge is 0.336 e. The largest absolute Gasteiger partial charge is 0.466 e. The van der Waals surface area contributed by atoms with Crippen LogP contribution in [0.1, 0.15) is 71.4 Å². The van der Waals surface area contributed by atoms with Gasteiger partial charge in [-0.3, -0.25) is 20.2 Å². The summed E-state index contributed by atoms with van der Waals surface area (Å²) in [6.07, 6.45) is 0. The minimum absolute atomic E-state index is 0.114. The molecule has 2 heterocycles. The van der Waals surface area contributed by atoms with E-state index in [9.17, 15) is 39.4 Å². The highest BCUT2D eigenvalue weighted by molar-refractivity contribution is 6.01. The first-order valence-electron chi connectivity index (χ1n) is 16.9. The second-order valence-corrected chi connectivity index (χ2v) is 12.6. The Hall–Kier alpha value is -6.32. The molecule has 0 spiro atoms. The van der Waals surface area contributed by atoms with Crippen molar-refractivity contribution < 1.29 is 48.0 Å². The second kappa shape index (κ2) is 18.4. The fraction of sp³-hybridized carbons (Fsp3) is 0.368. The van der Waals surface area contributed by atoms with Gasteiger partial charge in [0.15, 0.2) is 0 Å². The Labute approximate surface area is 312 Å². The number of nitrogens with zero attached hydrogens (tertiary/aromatic N) is 2. The molecule has 0 amide bonds. The van der Waals surface area contributed by atoms with Crippen LogP contribution in [0.2, 0.25) is 0 Å². The van der Waals surface area contributed by atoms with Gasteiger partial charge in [0.25, 0.3) is 11.4 Å². The molecule has 2 N–H and O–H groups in total. The summed E-state index contributed by atoms with van der Waals surface area (Å²) in [6.45, 7) is 12.5. The number of ether oxygens (including phenoxy) is 4. The van der Waals surface area contributed by atoms with Gasteiger partial charge in [0.05, 0.1) is 71.4 Å². The highest BCUT2D eigenvalue weighted by Crippen LogP contribution is 2.43. The fourth-order valence-corrected chi connectivity index (χ4v) is 6.18. The first kappa shape index (κ1) is 42.1. The molecular weight excluding hydrogens is 704 g/mol. The second-order valence-electron chi connectivity index (χ2n) is 12.6. The SMILES string of the molecule is CCOC(=O)C1=C(C)NC(C)=C(C(=O)OC)C1c1cccc([N+](=O)[O-])c1.COC(=O)C1=C(C)NC(C)=C(C(=O)OCC(C)C)C1c1ccccc1[N+](=O)[O-]. The number of carbonyl (C=O) groups excluding carboxylic acids is 4. The number of nitrogens with one attached hydrogen (secondary N) is 2. The molecule has 2 aromatic rings. The third kappa shape index (κ3) is 9.36. The van der Waals surface area contributed by atoms with Crippen LogP contribution in [0, 0.1) is 26.1 Å². The zero-order chi connectivity index (χ0) is 40.4. The van der Waals surface area contributed by atoms with E-state index in [0.29, 0.717) is 28.4 Å². The number of dihydropyridines is 2. The van der Waals surface area contributed by atoms with Crippen LogP contribution in [-0.4, -0.2) is 61.2 Å². The lowest BCUT2D eigenvalue weighted by Crippen LogP contribution is -2.32. The maximum atomic E-state index is 12.9. The lowest BCUT2D eigenvalue weighted by Gasteiger charge is -2.30. The monoisotopic (exact) mass is 748 g/mol. The number of non-ortho nitro benzene ring substituents is 1. The summed E-state index contributed by atoms with van der Waals surface area (Å²) >= 11 is 0. The fourth-order valence-electron chi connectivity index (χ4n) is 6.18. The van der Waals surface area contributed by atoms with E-state index in [2.05, 4.69) is 10.6 Å². The lowest BCUT2D eigenvalue weighted by atomic mass is 9.79. The van der Waals surface area contributed by atoms with Gasteiger partial charge in [-0.05, 0) is 46.1 Å². The van der Waals surface area contributed by atoms with Crippen molar-refractivity contribution in [3.63, 3.8) is 0 Å². The van der Waals surface area contributed by atoms with Gasteiger partial charge in [-0.1, -0.05) is 44.2 Å². The molecule has 288 valence electrons. The van der Waals surface area contributed by atoms with Crippen molar-refractivity contribution >= 4 is 35.3 Å². The molecule has 2 unspecified atom stereocenters. The van der Waals surface area contributed by atoms with Gasteiger partial charge in [0.1, 0.15) is 0 Å². The normalized spacial score (nSPS) is 16.8. The van der Waals surface area contributed by atoms with Crippen LogP contribution in [0.5, 0.6) is 0 Å². The Balaban J connectivity index is 0.000000291. The maximum absolute atomic E-state index is 12.9. The molecule has 2 aromatic carbocycles. The molecule has 2 aliphatic rings. The third-order valence-corrected chi connectivity index (χ3v) is 8.45. The predicted octanol–water partition coefficient (Wildman–Crippen LogP) is 5.77. The molecule has 0 fully saturated rings. The molecule has 0 radical (unpaired) electrons.